The number of nitrogens with one attached hydrogen (secondary N) is 1. The fourth-order valence-electron chi connectivity index (χ4n) is 1.82. The van der Waals surface area contributed by atoms with Crippen LogP contribution in [0.4, 0.5) is 8.78 Å². The summed E-state index contributed by atoms with van der Waals surface area (Å²) in [5.41, 5.74) is 1.48. The second-order valence-corrected chi connectivity index (χ2v) is 4.60. The van der Waals surface area contributed by atoms with Gasteiger partial charge in [0.05, 0.1) is 0 Å². The Labute approximate surface area is 117 Å². The van der Waals surface area contributed by atoms with Gasteiger partial charge in [-0.2, -0.15) is 0 Å². The molecule has 1 atom stereocenters. The van der Waals surface area contributed by atoms with Gasteiger partial charge in [-0.05, 0) is 43.8 Å². The lowest BCUT2D eigenvalue weighted by atomic mass is 10.1. The van der Waals surface area contributed by atoms with Gasteiger partial charge in [0, 0.05) is 17.7 Å². The molecule has 106 valence electrons. The Balaban J connectivity index is 2.00. The van der Waals surface area contributed by atoms with Gasteiger partial charge in [-0.15, -0.1) is 0 Å². The average molecular weight is 277 g/mol. The van der Waals surface area contributed by atoms with Crippen LogP contribution < -0.4 is 10.1 Å². The monoisotopic (exact) mass is 277 g/mol. The molecule has 0 aliphatic rings. The molecule has 4 heteroatoms. The summed E-state index contributed by atoms with van der Waals surface area (Å²) in [5.74, 6) is -0.525. The second kappa shape index (κ2) is 6.48. The van der Waals surface area contributed by atoms with Crippen LogP contribution in [-0.2, 0) is 6.61 Å². The number of hydrogen-bond acceptors (Lipinski definition) is 2. The quantitative estimate of drug-likeness (QED) is 0.897. The van der Waals surface area contributed by atoms with Gasteiger partial charge in [0.1, 0.15) is 24.0 Å². The van der Waals surface area contributed by atoms with Gasteiger partial charge >= 0.3 is 0 Å². The van der Waals surface area contributed by atoms with E-state index in [1.807, 2.05) is 31.3 Å². The second-order valence-electron chi connectivity index (χ2n) is 4.60. The molecule has 0 saturated carbocycles. The van der Waals surface area contributed by atoms with Crippen molar-refractivity contribution >= 4 is 0 Å². The molecule has 0 aromatic heterocycles. The first kappa shape index (κ1) is 14.5. The highest BCUT2D eigenvalue weighted by Crippen LogP contribution is 2.19. The summed E-state index contributed by atoms with van der Waals surface area (Å²) in [7, 11) is 1.90. The number of halogens is 2. The molecule has 0 heterocycles. The molecular formula is C16H17F2NO. The lowest BCUT2D eigenvalue weighted by Gasteiger charge is -2.12. The zero-order chi connectivity index (χ0) is 14.5. The molecular weight excluding hydrogens is 260 g/mol. The molecule has 2 aromatic rings. The van der Waals surface area contributed by atoms with Gasteiger partial charge in [0.15, 0.2) is 0 Å². The zero-order valence-electron chi connectivity index (χ0n) is 11.5. The molecule has 1 unspecified atom stereocenters. The van der Waals surface area contributed by atoms with E-state index >= 15 is 0 Å². The van der Waals surface area contributed by atoms with Crippen LogP contribution >= 0.6 is 0 Å². The van der Waals surface area contributed by atoms with Crippen molar-refractivity contribution in [2.45, 2.75) is 19.6 Å². The topological polar surface area (TPSA) is 21.3 Å². The van der Waals surface area contributed by atoms with E-state index < -0.39 is 11.6 Å². The van der Waals surface area contributed by atoms with Crippen molar-refractivity contribution < 1.29 is 13.5 Å². The Morgan fingerprint density at radius 3 is 2.40 bits per heavy atom. The average Bonchev–Trinajstić information content (AvgIpc) is 2.46. The van der Waals surface area contributed by atoms with Gasteiger partial charge in [0.2, 0.25) is 0 Å². The van der Waals surface area contributed by atoms with Gasteiger partial charge < -0.3 is 10.1 Å². The number of rotatable bonds is 5. The summed E-state index contributed by atoms with van der Waals surface area (Å²) in [4.78, 5) is 0. The highest BCUT2D eigenvalue weighted by atomic mass is 19.1. The maximum Gasteiger partial charge on any atom is 0.132 e. The van der Waals surface area contributed by atoms with E-state index in [4.69, 9.17) is 4.74 Å². The lowest BCUT2D eigenvalue weighted by molar-refractivity contribution is 0.299. The largest absolute Gasteiger partial charge is 0.489 e. The minimum atomic E-state index is -0.592. The van der Waals surface area contributed by atoms with Crippen LogP contribution in [0.1, 0.15) is 24.1 Å². The summed E-state index contributed by atoms with van der Waals surface area (Å²) in [6, 6.07) is 11.3. The number of benzene rings is 2. The standard InChI is InChI=1S/C16H17F2NO/c1-11(19-2)12-4-7-15(8-5-12)20-10-13-3-6-14(17)9-16(13)18/h3-9,11,19H,10H2,1-2H3. The first-order chi connectivity index (χ1) is 9.60. The Morgan fingerprint density at radius 1 is 1.10 bits per heavy atom. The van der Waals surface area contributed by atoms with Crippen molar-refractivity contribution in [3.05, 3.63) is 65.2 Å². The van der Waals surface area contributed by atoms with E-state index in [0.717, 1.165) is 11.6 Å². The van der Waals surface area contributed by atoms with Crippen molar-refractivity contribution in [2.24, 2.45) is 0 Å². The third-order valence-electron chi connectivity index (χ3n) is 3.22. The van der Waals surface area contributed by atoms with Crippen LogP contribution in [0.15, 0.2) is 42.5 Å². The third kappa shape index (κ3) is 3.54. The summed E-state index contributed by atoms with van der Waals surface area (Å²) in [6.07, 6.45) is 0. The minimum Gasteiger partial charge on any atom is -0.489 e. The molecule has 2 aromatic carbocycles. The molecule has 0 radical (unpaired) electrons. The van der Waals surface area contributed by atoms with Crippen molar-refractivity contribution in [1.82, 2.24) is 5.32 Å². The maximum absolute atomic E-state index is 13.4. The van der Waals surface area contributed by atoms with E-state index in [1.54, 1.807) is 0 Å². The van der Waals surface area contributed by atoms with Crippen LogP contribution in [0.25, 0.3) is 0 Å². The first-order valence-corrected chi connectivity index (χ1v) is 6.44. The molecule has 0 amide bonds. The summed E-state index contributed by atoms with van der Waals surface area (Å²) in [6.45, 7) is 2.14. The van der Waals surface area contributed by atoms with Crippen LogP contribution in [0.2, 0.25) is 0 Å². The first-order valence-electron chi connectivity index (χ1n) is 6.44. The van der Waals surface area contributed by atoms with Crippen LogP contribution in [0, 0.1) is 11.6 Å². The van der Waals surface area contributed by atoms with Crippen LogP contribution in [-0.4, -0.2) is 7.05 Å². The SMILES string of the molecule is CNC(C)c1ccc(OCc2ccc(F)cc2F)cc1. The lowest BCUT2D eigenvalue weighted by Crippen LogP contribution is -2.11. The van der Waals surface area contributed by atoms with Crippen molar-refractivity contribution in [1.29, 1.82) is 0 Å². The van der Waals surface area contributed by atoms with Crippen molar-refractivity contribution in [2.75, 3.05) is 7.05 Å². The molecule has 0 aliphatic carbocycles. The van der Waals surface area contributed by atoms with Crippen LogP contribution in [0.5, 0.6) is 5.75 Å². The Kier molecular flexibility index (Phi) is 4.69. The maximum atomic E-state index is 13.4. The highest BCUT2D eigenvalue weighted by Gasteiger charge is 2.06. The van der Waals surface area contributed by atoms with E-state index in [0.29, 0.717) is 11.3 Å². The van der Waals surface area contributed by atoms with E-state index in [2.05, 4.69) is 12.2 Å². The van der Waals surface area contributed by atoms with Crippen molar-refractivity contribution in [3.63, 3.8) is 0 Å². The Morgan fingerprint density at radius 2 is 1.80 bits per heavy atom. The number of hydrogen-bond donors (Lipinski definition) is 1. The molecule has 2 nitrogen and oxygen atoms in total. The molecule has 0 aliphatic heterocycles. The molecule has 1 N–H and O–H groups in total. The molecule has 20 heavy (non-hydrogen) atoms. The Bertz CT molecular complexity index is 569. The summed E-state index contributed by atoms with van der Waals surface area (Å²) < 4.78 is 31.7. The van der Waals surface area contributed by atoms with E-state index in [1.165, 1.54) is 12.1 Å². The van der Waals surface area contributed by atoms with Gasteiger partial charge in [-0.3, -0.25) is 0 Å². The predicted octanol–water partition coefficient (Wildman–Crippen LogP) is 3.82. The van der Waals surface area contributed by atoms with Gasteiger partial charge in [0.25, 0.3) is 0 Å². The molecule has 0 fully saturated rings. The normalized spacial score (nSPS) is 12.2. The molecule has 2 rings (SSSR count). The van der Waals surface area contributed by atoms with E-state index in [9.17, 15) is 8.78 Å². The summed E-state index contributed by atoms with van der Waals surface area (Å²) >= 11 is 0. The fourth-order valence-corrected chi connectivity index (χ4v) is 1.82. The molecule has 0 bridgehead atoms. The van der Waals surface area contributed by atoms with Crippen molar-refractivity contribution in [3.8, 4) is 5.75 Å². The summed E-state index contributed by atoms with van der Waals surface area (Å²) in [5, 5.41) is 3.15. The highest BCUT2D eigenvalue weighted by molar-refractivity contribution is 5.29. The van der Waals surface area contributed by atoms with Gasteiger partial charge in [-0.1, -0.05) is 12.1 Å². The Hall–Kier alpha value is -1.94. The minimum absolute atomic E-state index is 0.0764. The van der Waals surface area contributed by atoms with Crippen LogP contribution in [0.3, 0.4) is 0 Å². The number of ether oxygens (including phenoxy) is 1. The zero-order valence-corrected chi connectivity index (χ0v) is 11.5. The van der Waals surface area contributed by atoms with E-state index in [-0.39, 0.29) is 12.6 Å². The molecule has 0 spiro atoms. The predicted molar refractivity (Wildman–Crippen MR) is 74.6 cm³/mol. The molecule has 0 saturated heterocycles. The smallest absolute Gasteiger partial charge is 0.132 e. The third-order valence-corrected chi connectivity index (χ3v) is 3.22. The fraction of sp³-hybridized carbons (Fsp3) is 0.250. The van der Waals surface area contributed by atoms with Gasteiger partial charge in [-0.25, -0.2) is 8.78 Å².